The molecule has 2 atom stereocenters. The summed E-state index contributed by atoms with van der Waals surface area (Å²) in [6.07, 6.45) is -3.86. The summed E-state index contributed by atoms with van der Waals surface area (Å²) in [7, 11) is 2.11. The molecule has 1 aromatic carbocycles. The van der Waals surface area contributed by atoms with E-state index in [1.54, 1.807) is 0 Å². The molecule has 2 amide bonds. The van der Waals surface area contributed by atoms with E-state index in [0.29, 0.717) is 12.6 Å². The fraction of sp³-hybridized carbons (Fsp3) is 0.619. The van der Waals surface area contributed by atoms with Crippen molar-refractivity contribution >= 4 is 11.8 Å². The molecular weight excluding hydrogens is 397 g/mol. The van der Waals surface area contributed by atoms with E-state index in [9.17, 15) is 22.8 Å². The maximum atomic E-state index is 12.5. The third-order valence-corrected chi connectivity index (χ3v) is 5.76. The Balaban J connectivity index is 1.44. The number of alkyl halides is 3. The van der Waals surface area contributed by atoms with Crippen molar-refractivity contribution in [3.63, 3.8) is 0 Å². The normalized spacial score (nSPS) is 23.7. The first-order valence-corrected chi connectivity index (χ1v) is 10.3. The third-order valence-electron chi connectivity index (χ3n) is 5.76. The van der Waals surface area contributed by atoms with Crippen molar-refractivity contribution in [3.05, 3.63) is 35.9 Å². The predicted molar refractivity (Wildman–Crippen MR) is 107 cm³/mol. The Morgan fingerprint density at radius 3 is 2.60 bits per heavy atom. The van der Waals surface area contributed by atoms with Gasteiger partial charge in [-0.05, 0) is 19.0 Å². The Morgan fingerprint density at radius 2 is 1.90 bits per heavy atom. The molecule has 166 valence electrons. The highest BCUT2D eigenvalue weighted by atomic mass is 19.4. The van der Waals surface area contributed by atoms with Crippen LogP contribution in [-0.2, 0) is 9.59 Å². The van der Waals surface area contributed by atoms with E-state index >= 15 is 0 Å². The van der Waals surface area contributed by atoms with Crippen molar-refractivity contribution in [3.8, 4) is 0 Å². The molecule has 0 aliphatic carbocycles. The largest absolute Gasteiger partial charge is 0.406 e. The first-order valence-electron chi connectivity index (χ1n) is 10.3. The minimum Gasteiger partial charge on any atom is -0.356 e. The van der Waals surface area contributed by atoms with E-state index in [0.717, 1.165) is 37.5 Å². The fourth-order valence-electron chi connectivity index (χ4n) is 4.17. The number of hydrogen-bond acceptors (Lipinski definition) is 4. The number of likely N-dealkylation sites (N-methyl/N-ethyl adjacent to an activating group) is 1. The molecule has 2 fully saturated rings. The van der Waals surface area contributed by atoms with Crippen LogP contribution in [0, 0.1) is 5.92 Å². The number of carbonyl (C=O) groups is 2. The van der Waals surface area contributed by atoms with Gasteiger partial charge >= 0.3 is 6.18 Å². The van der Waals surface area contributed by atoms with Gasteiger partial charge in [-0.1, -0.05) is 30.3 Å². The van der Waals surface area contributed by atoms with E-state index in [-0.39, 0.29) is 18.9 Å². The summed E-state index contributed by atoms with van der Waals surface area (Å²) in [6.45, 7) is 2.66. The number of hydrogen-bond donors (Lipinski definition) is 1. The van der Waals surface area contributed by atoms with Crippen LogP contribution in [0.2, 0.25) is 0 Å². The standard InChI is InChI=1S/C21H29F3N4O2/c1-26-10-11-27(18(14-26)16-6-3-2-4-7-16)9-5-8-25-20(30)17-12-19(29)28(13-17)15-21(22,23)24/h2-4,6-7,17-18H,5,8-15H2,1H3,(H,25,30)/t17-,18-/m1/s1. The summed E-state index contributed by atoms with van der Waals surface area (Å²) in [5.74, 6) is -1.66. The summed E-state index contributed by atoms with van der Waals surface area (Å²) in [6, 6.07) is 10.6. The average Bonchev–Trinajstić information content (AvgIpc) is 3.05. The zero-order chi connectivity index (χ0) is 21.7. The number of carbonyl (C=O) groups excluding carboxylic acids is 2. The summed E-state index contributed by atoms with van der Waals surface area (Å²) in [4.78, 5) is 29.5. The zero-order valence-corrected chi connectivity index (χ0v) is 17.2. The lowest BCUT2D eigenvalue weighted by Crippen LogP contribution is -2.47. The highest BCUT2D eigenvalue weighted by Crippen LogP contribution is 2.25. The number of likely N-dealkylation sites (tertiary alicyclic amines) is 1. The van der Waals surface area contributed by atoms with Crippen molar-refractivity contribution in [2.75, 3.05) is 52.9 Å². The number of benzene rings is 1. The van der Waals surface area contributed by atoms with E-state index in [2.05, 4.69) is 34.3 Å². The van der Waals surface area contributed by atoms with Crippen molar-refractivity contribution in [2.45, 2.75) is 25.1 Å². The maximum absolute atomic E-state index is 12.5. The minimum atomic E-state index is -4.45. The van der Waals surface area contributed by atoms with Crippen LogP contribution in [0.5, 0.6) is 0 Å². The molecule has 1 aromatic rings. The number of rotatable bonds is 7. The van der Waals surface area contributed by atoms with E-state index in [4.69, 9.17) is 0 Å². The van der Waals surface area contributed by atoms with Crippen molar-refractivity contribution < 1.29 is 22.8 Å². The molecule has 3 rings (SSSR count). The number of nitrogens with one attached hydrogen (secondary N) is 1. The lowest BCUT2D eigenvalue weighted by atomic mass is 10.0. The molecule has 0 saturated carbocycles. The van der Waals surface area contributed by atoms with Gasteiger partial charge in [-0.25, -0.2) is 0 Å². The van der Waals surface area contributed by atoms with Gasteiger partial charge in [-0.15, -0.1) is 0 Å². The molecule has 9 heteroatoms. The van der Waals surface area contributed by atoms with Crippen LogP contribution in [0.3, 0.4) is 0 Å². The number of nitrogens with zero attached hydrogens (tertiary/aromatic N) is 3. The Kier molecular flexibility index (Phi) is 7.36. The van der Waals surface area contributed by atoms with Gasteiger partial charge in [-0.3, -0.25) is 14.5 Å². The molecule has 1 N–H and O–H groups in total. The van der Waals surface area contributed by atoms with Crippen LogP contribution in [0.1, 0.15) is 24.4 Å². The van der Waals surface area contributed by atoms with Gasteiger partial charge in [0, 0.05) is 51.7 Å². The quantitative estimate of drug-likeness (QED) is 0.677. The summed E-state index contributed by atoms with van der Waals surface area (Å²) in [5, 5.41) is 2.80. The highest BCUT2D eigenvalue weighted by molar-refractivity contribution is 5.89. The molecule has 2 aliphatic heterocycles. The smallest absolute Gasteiger partial charge is 0.356 e. The fourth-order valence-corrected chi connectivity index (χ4v) is 4.17. The highest BCUT2D eigenvalue weighted by Gasteiger charge is 2.40. The van der Waals surface area contributed by atoms with E-state index < -0.39 is 24.5 Å². The number of amides is 2. The van der Waals surface area contributed by atoms with Crippen LogP contribution >= 0.6 is 0 Å². The van der Waals surface area contributed by atoms with E-state index in [1.165, 1.54) is 5.56 Å². The van der Waals surface area contributed by atoms with Crippen LogP contribution < -0.4 is 5.32 Å². The van der Waals surface area contributed by atoms with Gasteiger partial charge in [0.15, 0.2) is 0 Å². The molecule has 2 saturated heterocycles. The molecule has 30 heavy (non-hydrogen) atoms. The van der Waals surface area contributed by atoms with Gasteiger partial charge in [0.1, 0.15) is 6.54 Å². The molecule has 2 heterocycles. The summed E-state index contributed by atoms with van der Waals surface area (Å²) < 4.78 is 37.5. The molecule has 0 radical (unpaired) electrons. The third kappa shape index (κ3) is 6.18. The Morgan fingerprint density at radius 1 is 1.17 bits per heavy atom. The number of piperazine rings is 1. The second kappa shape index (κ2) is 9.78. The molecule has 6 nitrogen and oxygen atoms in total. The molecule has 0 unspecified atom stereocenters. The predicted octanol–water partition coefficient (Wildman–Crippen LogP) is 1.89. The van der Waals surface area contributed by atoms with Gasteiger partial charge in [0.05, 0.1) is 5.92 Å². The number of halogens is 3. The Hall–Kier alpha value is -2.13. The van der Waals surface area contributed by atoms with Crippen LogP contribution in [-0.4, -0.2) is 85.6 Å². The summed E-state index contributed by atoms with van der Waals surface area (Å²) >= 11 is 0. The summed E-state index contributed by atoms with van der Waals surface area (Å²) in [5.41, 5.74) is 1.27. The van der Waals surface area contributed by atoms with Crippen molar-refractivity contribution in [2.24, 2.45) is 5.92 Å². The molecule has 0 spiro atoms. The first kappa shape index (κ1) is 22.6. The van der Waals surface area contributed by atoms with E-state index in [1.807, 2.05) is 18.2 Å². The zero-order valence-electron chi connectivity index (χ0n) is 17.2. The lowest BCUT2D eigenvalue weighted by molar-refractivity contribution is -0.157. The van der Waals surface area contributed by atoms with Crippen LogP contribution in [0.4, 0.5) is 13.2 Å². The van der Waals surface area contributed by atoms with Gasteiger partial charge < -0.3 is 15.1 Å². The molecule has 2 aliphatic rings. The monoisotopic (exact) mass is 426 g/mol. The second-order valence-corrected chi connectivity index (χ2v) is 8.16. The molecule has 0 bridgehead atoms. The minimum absolute atomic E-state index is 0.156. The SMILES string of the molecule is CN1CCN(CCCNC(=O)[C@@H]2CC(=O)N(CC(F)(F)F)C2)[C@@H](c2ccccc2)C1. The van der Waals surface area contributed by atoms with Gasteiger partial charge in [0.2, 0.25) is 11.8 Å². The van der Waals surface area contributed by atoms with Crippen LogP contribution in [0.15, 0.2) is 30.3 Å². The topological polar surface area (TPSA) is 55.9 Å². The maximum Gasteiger partial charge on any atom is 0.406 e. The Labute approximate surface area is 175 Å². The van der Waals surface area contributed by atoms with Gasteiger partial charge in [-0.2, -0.15) is 13.2 Å². The lowest BCUT2D eigenvalue weighted by Gasteiger charge is -2.40. The molecular formula is C21H29F3N4O2. The van der Waals surface area contributed by atoms with Crippen LogP contribution in [0.25, 0.3) is 0 Å². The second-order valence-electron chi connectivity index (χ2n) is 8.16. The van der Waals surface area contributed by atoms with Gasteiger partial charge in [0.25, 0.3) is 0 Å². The van der Waals surface area contributed by atoms with Crippen molar-refractivity contribution in [1.82, 2.24) is 20.0 Å². The van der Waals surface area contributed by atoms with Crippen molar-refractivity contribution in [1.29, 1.82) is 0 Å². The Bertz CT molecular complexity index is 729. The molecule has 0 aromatic heterocycles. The average molecular weight is 426 g/mol. The first-order chi connectivity index (χ1) is 14.2.